The lowest BCUT2D eigenvalue weighted by Crippen LogP contribution is -2.51. The molecule has 0 spiro atoms. The van der Waals surface area contributed by atoms with Crippen molar-refractivity contribution in [2.75, 3.05) is 19.8 Å². The molecule has 1 aliphatic rings. The lowest BCUT2D eigenvalue weighted by atomic mass is 10.2. The first-order chi connectivity index (χ1) is 7.77. The Balaban J connectivity index is 1.81. The standard InChI is InChI=1S/C10H15N3O2S/c1-7-9(16-6-13-7)4-12-10(14)8-5-15-3-2-11-8/h6,8,11H,2-5H2,1H3,(H,12,14). The van der Waals surface area contributed by atoms with Crippen molar-refractivity contribution in [3.63, 3.8) is 0 Å². The highest BCUT2D eigenvalue weighted by atomic mass is 32.1. The van der Waals surface area contributed by atoms with Crippen LogP contribution < -0.4 is 10.6 Å². The van der Waals surface area contributed by atoms with Crippen LogP contribution in [0.3, 0.4) is 0 Å². The molecule has 5 nitrogen and oxygen atoms in total. The zero-order chi connectivity index (χ0) is 11.4. The lowest BCUT2D eigenvalue weighted by Gasteiger charge is -2.22. The van der Waals surface area contributed by atoms with Gasteiger partial charge in [-0.15, -0.1) is 11.3 Å². The molecule has 6 heteroatoms. The van der Waals surface area contributed by atoms with E-state index in [-0.39, 0.29) is 11.9 Å². The third-order valence-electron chi connectivity index (χ3n) is 2.51. The van der Waals surface area contributed by atoms with Gasteiger partial charge in [-0.2, -0.15) is 0 Å². The van der Waals surface area contributed by atoms with Crippen molar-refractivity contribution in [2.45, 2.75) is 19.5 Å². The number of nitrogens with zero attached hydrogens (tertiary/aromatic N) is 1. The Morgan fingerprint density at radius 1 is 1.81 bits per heavy atom. The number of aryl methyl sites for hydroxylation is 1. The monoisotopic (exact) mass is 241 g/mol. The average molecular weight is 241 g/mol. The maximum absolute atomic E-state index is 11.7. The van der Waals surface area contributed by atoms with Gasteiger partial charge in [0.2, 0.25) is 5.91 Å². The second kappa shape index (κ2) is 5.38. The van der Waals surface area contributed by atoms with E-state index in [1.807, 2.05) is 6.92 Å². The first kappa shape index (κ1) is 11.5. The number of amides is 1. The Morgan fingerprint density at radius 2 is 2.69 bits per heavy atom. The lowest BCUT2D eigenvalue weighted by molar-refractivity contribution is -0.126. The topological polar surface area (TPSA) is 63.2 Å². The fraction of sp³-hybridized carbons (Fsp3) is 0.600. The van der Waals surface area contributed by atoms with Crippen LogP contribution in [-0.2, 0) is 16.1 Å². The maximum Gasteiger partial charge on any atom is 0.239 e. The minimum atomic E-state index is -0.220. The summed E-state index contributed by atoms with van der Waals surface area (Å²) >= 11 is 1.56. The molecule has 1 saturated heterocycles. The molecule has 0 radical (unpaired) electrons. The number of hydrogen-bond donors (Lipinski definition) is 2. The number of ether oxygens (including phenoxy) is 1. The maximum atomic E-state index is 11.7. The van der Waals surface area contributed by atoms with E-state index >= 15 is 0 Å². The summed E-state index contributed by atoms with van der Waals surface area (Å²) < 4.78 is 5.23. The molecule has 88 valence electrons. The van der Waals surface area contributed by atoms with Crippen LogP contribution in [0.25, 0.3) is 0 Å². The minimum Gasteiger partial charge on any atom is -0.378 e. The van der Waals surface area contributed by atoms with Crippen LogP contribution >= 0.6 is 11.3 Å². The minimum absolute atomic E-state index is 0.00694. The highest BCUT2D eigenvalue weighted by molar-refractivity contribution is 7.09. The molecule has 16 heavy (non-hydrogen) atoms. The third kappa shape index (κ3) is 2.78. The quantitative estimate of drug-likeness (QED) is 0.785. The Hall–Kier alpha value is -0.980. The van der Waals surface area contributed by atoms with E-state index in [2.05, 4.69) is 15.6 Å². The van der Waals surface area contributed by atoms with Gasteiger partial charge in [0.05, 0.1) is 31.0 Å². The summed E-state index contributed by atoms with van der Waals surface area (Å²) in [6.45, 7) is 4.36. The van der Waals surface area contributed by atoms with E-state index in [1.54, 1.807) is 16.8 Å². The Kier molecular flexibility index (Phi) is 3.87. The summed E-state index contributed by atoms with van der Waals surface area (Å²) in [7, 11) is 0. The first-order valence-electron chi connectivity index (χ1n) is 5.25. The van der Waals surface area contributed by atoms with Crippen LogP contribution in [0.4, 0.5) is 0 Å². The largest absolute Gasteiger partial charge is 0.378 e. The summed E-state index contributed by atoms with van der Waals surface area (Å²) in [5, 5.41) is 6.00. The van der Waals surface area contributed by atoms with Gasteiger partial charge >= 0.3 is 0 Å². The molecule has 2 N–H and O–H groups in total. The Labute approximate surface area is 98.2 Å². The predicted octanol–water partition coefficient (Wildman–Crippen LogP) is 0.0561. The highest BCUT2D eigenvalue weighted by Gasteiger charge is 2.20. The zero-order valence-electron chi connectivity index (χ0n) is 9.16. The van der Waals surface area contributed by atoms with Crippen molar-refractivity contribution in [1.82, 2.24) is 15.6 Å². The van der Waals surface area contributed by atoms with Gasteiger partial charge in [0.25, 0.3) is 0 Å². The second-order valence-corrected chi connectivity index (χ2v) is 4.60. The van der Waals surface area contributed by atoms with Crippen molar-refractivity contribution in [1.29, 1.82) is 0 Å². The van der Waals surface area contributed by atoms with Crippen molar-refractivity contribution in [2.24, 2.45) is 0 Å². The normalized spacial score (nSPS) is 20.7. The first-order valence-corrected chi connectivity index (χ1v) is 6.13. The number of carbonyl (C=O) groups excluding carboxylic acids is 1. The van der Waals surface area contributed by atoms with Crippen molar-refractivity contribution >= 4 is 17.2 Å². The Morgan fingerprint density at radius 3 is 3.31 bits per heavy atom. The number of hydrogen-bond acceptors (Lipinski definition) is 5. The molecule has 1 fully saturated rings. The van der Waals surface area contributed by atoms with Crippen LogP contribution in [0, 0.1) is 6.92 Å². The molecule has 0 aromatic carbocycles. The van der Waals surface area contributed by atoms with Gasteiger partial charge < -0.3 is 15.4 Å². The van der Waals surface area contributed by atoms with Gasteiger partial charge in [0.1, 0.15) is 6.04 Å². The van der Waals surface area contributed by atoms with Crippen LogP contribution in [0.1, 0.15) is 10.6 Å². The molecule has 1 unspecified atom stereocenters. The van der Waals surface area contributed by atoms with E-state index in [4.69, 9.17) is 4.74 Å². The van der Waals surface area contributed by atoms with Gasteiger partial charge in [-0.1, -0.05) is 0 Å². The van der Waals surface area contributed by atoms with Gasteiger partial charge in [-0.05, 0) is 6.92 Å². The zero-order valence-corrected chi connectivity index (χ0v) is 9.97. The van der Waals surface area contributed by atoms with E-state index in [0.717, 1.165) is 17.1 Å². The molecule has 1 amide bonds. The van der Waals surface area contributed by atoms with Gasteiger partial charge in [0, 0.05) is 11.4 Å². The van der Waals surface area contributed by atoms with Crippen LogP contribution in [0.5, 0.6) is 0 Å². The molecule has 1 atom stereocenters. The van der Waals surface area contributed by atoms with Crippen molar-refractivity contribution in [3.05, 3.63) is 16.1 Å². The van der Waals surface area contributed by atoms with Crippen LogP contribution in [0.15, 0.2) is 5.51 Å². The van der Waals surface area contributed by atoms with Crippen LogP contribution in [-0.4, -0.2) is 36.7 Å². The van der Waals surface area contributed by atoms with Gasteiger partial charge in [-0.25, -0.2) is 4.98 Å². The second-order valence-electron chi connectivity index (χ2n) is 3.66. The summed E-state index contributed by atoms with van der Waals surface area (Å²) in [5.74, 6) is -0.00694. The van der Waals surface area contributed by atoms with Gasteiger partial charge in [-0.3, -0.25) is 4.79 Å². The molecule has 2 rings (SSSR count). The summed E-state index contributed by atoms with van der Waals surface area (Å²) in [5.41, 5.74) is 2.77. The third-order valence-corrected chi connectivity index (χ3v) is 3.44. The van der Waals surface area contributed by atoms with Gasteiger partial charge in [0.15, 0.2) is 0 Å². The Bertz CT molecular complexity index is 361. The molecule has 0 aliphatic carbocycles. The molecule has 1 aliphatic heterocycles. The van der Waals surface area contributed by atoms with E-state index < -0.39 is 0 Å². The van der Waals surface area contributed by atoms with Crippen molar-refractivity contribution < 1.29 is 9.53 Å². The van der Waals surface area contributed by atoms with E-state index in [9.17, 15) is 4.79 Å². The van der Waals surface area contributed by atoms with E-state index in [1.165, 1.54) is 0 Å². The molecule has 1 aromatic rings. The SMILES string of the molecule is Cc1ncsc1CNC(=O)C1COCCN1. The summed E-state index contributed by atoms with van der Waals surface area (Å²) in [6, 6.07) is -0.220. The van der Waals surface area contributed by atoms with Crippen LogP contribution in [0.2, 0.25) is 0 Å². The fourth-order valence-electron chi connectivity index (χ4n) is 1.52. The number of aromatic nitrogens is 1. The molecule has 2 heterocycles. The molecular weight excluding hydrogens is 226 g/mol. The smallest absolute Gasteiger partial charge is 0.239 e. The molecule has 0 bridgehead atoms. The highest BCUT2D eigenvalue weighted by Crippen LogP contribution is 2.11. The number of rotatable bonds is 3. The number of carbonyl (C=O) groups is 1. The average Bonchev–Trinajstić information content (AvgIpc) is 2.73. The van der Waals surface area contributed by atoms with E-state index in [0.29, 0.717) is 19.8 Å². The fourth-order valence-corrected chi connectivity index (χ4v) is 2.24. The molecule has 0 saturated carbocycles. The van der Waals surface area contributed by atoms with Crippen molar-refractivity contribution in [3.8, 4) is 0 Å². The summed E-state index contributed by atoms with van der Waals surface area (Å²) in [6.07, 6.45) is 0. The summed E-state index contributed by atoms with van der Waals surface area (Å²) in [4.78, 5) is 17.0. The number of thiazole rings is 1. The number of nitrogens with one attached hydrogen (secondary N) is 2. The molecular formula is C10H15N3O2S. The molecule has 1 aromatic heterocycles. The number of morpholine rings is 1. The predicted molar refractivity (Wildman–Crippen MR) is 61.3 cm³/mol.